The summed E-state index contributed by atoms with van der Waals surface area (Å²) in [6.07, 6.45) is 0. The molecule has 0 aromatic rings. The van der Waals surface area contributed by atoms with Crippen molar-refractivity contribution in [3.8, 4) is 0 Å². The van der Waals surface area contributed by atoms with Crippen molar-refractivity contribution in [2.45, 2.75) is 60.4 Å². The monoisotopic (exact) mass is 290 g/mol. The largest absolute Gasteiger partial charge is 0.506 e. The van der Waals surface area contributed by atoms with Crippen molar-refractivity contribution >= 4 is 8.80 Å². The van der Waals surface area contributed by atoms with Crippen molar-refractivity contribution in [3.63, 3.8) is 0 Å². The number of hydrogen-bond donors (Lipinski definition) is 0. The molecule has 0 spiro atoms. The Morgan fingerprint density at radius 3 is 1.53 bits per heavy atom. The van der Waals surface area contributed by atoms with E-state index >= 15 is 0 Å². The molecule has 0 radical (unpaired) electrons. The summed E-state index contributed by atoms with van der Waals surface area (Å²) in [6.45, 7) is 18.3. The zero-order chi connectivity index (χ0) is 15.5. The van der Waals surface area contributed by atoms with Crippen LogP contribution in [0.4, 0.5) is 0 Å². The fraction of sp³-hybridized carbons (Fsp3) is 1.00. The van der Waals surface area contributed by atoms with E-state index in [1.54, 1.807) is 14.2 Å². The van der Waals surface area contributed by atoms with Crippen molar-refractivity contribution in [2.24, 2.45) is 17.3 Å². The molecule has 4 heteroatoms. The number of hydrogen-bond acceptors (Lipinski definition) is 3. The molecule has 0 N–H and O–H groups in total. The van der Waals surface area contributed by atoms with Crippen LogP contribution in [-0.2, 0) is 13.3 Å². The van der Waals surface area contributed by atoms with Crippen molar-refractivity contribution in [3.05, 3.63) is 0 Å². The maximum atomic E-state index is 6.27. The molecule has 0 saturated carbocycles. The second-order valence-electron chi connectivity index (χ2n) is 7.27. The first kappa shape index (κ1) is 19.1. The van der Waals surface area contributed by atoms with E-state index in [0.717, 1.165) is 0 Å². The van der Waals surface area contributed by atoms with Gasteiger partial charge in [-0.05, 0) is 17.3 Å². The molecular weight excluding hydrogens is 256 g/mol. The summed E-state index contributed by atoms with van der Waals surface area (Å²) in [6, 6.07) is 0. The fourth-order valence-electron chi connectivity index (χ4n) is 1.71. The topological polar surface area (TPSA) is 27.7 Å². The first-order valence-electron chi connectivity index (χ1n) is 7.21. The Hall–Kier alpha value is 0.0969. The smallest absolute Gasteiger partial charge is 0.377 e. The van der Waals surface area contributed by atoms with Crippen LogP contribution in [0.25, 0.3) is 0 Å². The van der Waals surface area contributed by atoms with E-state index in [0.29, 0.717) is 18.4 Å². The van der Waals surface area contributed by atoms with Gasteiger partial charge in [-0.1, -0.05) is 55.4 Å². The van der Waals surface area contributed by atoms with Crippen LogP contribution in [0, 0.1) is 17.3 Å². The van der Waals surface area contributed by atoms with Gasteiger partial charge in [-0.2, -0.15) is 0 Å². The van der Waals surface area contributed by atoms with Crippen LogP contribution >= 0.6 is 0 Å². The van der Waals surface area contributed by atoms with Crippen LogP contribution in [0.1, 0.15) is 55.4 Å². The Morgan fingerprint density at radius 1 is 0.842 bits per heavy atom. The lowest BCUT2D eigenvalue weighted by molar-refractivity contribution is 0.0212. The third-order valence-corrected chi connectivity index (χ3v) is 8.72. The summed E-state index contributed by atoms with van der Waals surface area (Å²) >= 11 is 0. The normalized spacial score (nSPS) is 14.5. The zero-order valence-corrected chi connectivity index (χ0v) is 15.6. The Balaban J connectivity index is 5.13. The van der Waals surface area contributed by atoms with Gasteiger partial charge in [0.05, 0.1) is 0 Å². The highest BCUT2D eigenvalue weighted by Gasteiger charge is 2.56. The standard InChI is InChI=1S/C15H34O3Si/c1-12(2)14(5,6)11-18-19(16-9,17-10)15(7,8)13(3)4/h12-13H,11H2,1-10H3. The molecule has 0 heterocycles. The molecule has 0 unspecified atom stereocenters. The molecule has 0 fully saturated rings. The summed E-state index contributed by atoms with van der Waals surface area (Å²) in [5.41, 5.74) is 0.113. The van der Waals surface area contributed by atoms with Crippen LogP contribution in [0.3, 0.4) is 0 Å². The Morgan fingerprint density at radius 2 is 1.26 bits per heavy atom. The van der Waals surface area contributed by atoms with Gasteiger partial charge < -0.3 is 13.3 Å². The van der Waals surface area contributed by atoms with Crippen LogP contribution in [0.15, 0.2) is 0 Å². The summed E-state index contributed by atoms with van der Waals surface area (Å²) in [5.74, 6) is 0.983. The molecule has 0 bridgehead atoms. The zero-order valence-electron chi connectivity index (χ0n) is 14.6. The van der Waals surface area contributed by atoms with E-state index in [1.807, 2.05) is 0 Å². The molecule has 0 aromatic heterocycles. The van der Waals surface area contributed by atoms with E-state index < -0.39 is 8.80 Å². The molecule has 3 nitrogen and oxygen atoms in total. The third-order valence-electron chi connectivity index (χ3n) is 4.97. The van der Waals surface area contributed by atoms with E-state index in [2.05, 4.69) is 55.4 Å². The summed E-state index contributed by atoms with van der Waals surface area (Å²) in [7, 11) is 0.731. The molecule has 0 atom stereocenters. The highest BCUT2D eigenvalue weighted by molar-refractivity contribution is 6.64. The minimum atomic E-state index is -2.69. The Bertz CT molecular complexity index is 269. The maximum Gasteiger partial charge on any atom is 0.506 e. The second-order valence-corrected chi connectivity index (χ2v) is 10.8. The molecule has 116 valence electrons. The van der Waals surface area contributed by atoms with Gasteiger partial charge in [0, 0.05) is 25.9 Å². The van der Waals surface area contributed by atoms with Crippen LogP contribution < -0.4 is 0 Å². The minimum Gasteiger partial charge on any atom is -0.377 e. The van der Waals surface area contributed by atoms with Gasteiger partial charge in [0.15, 0.2) is 0 Å². The van der Waals surface area contributed by atoms with Crippen molar-refractivity contribution < 1.29 is 13.3 Å². The highest BCUT2D eigenvalue weighted by atomic mass is 28.4. The predicted octanol–water partition coefficient (Wildman–Crippen LogP) is 4.35. The van der Waals surface area contributed by atoms with Crippen LogP contribution in [0.5, 0.6) is 0 Å². The third kappa shape index (κ3) is 4.03. The van der Waals surface area contributed by atoms with E-state index in [-0.39, 0.29) is 10.5 Å². The molecule has 0 saturated heterocycles. The highest BCUT2D eigenvalue weighted by Crippen LogP contribution is 2.46. The molecule has 0 amide bonds. The van der Waals surface area contributed by atoms with Gasteiger partial charge in [0.1, 0.15) is 0 Å². The first-order chi connectivity index (χ1) is 8.47. The second kappa shape index (κ2) is 6.70. The molecule has 19 heavy (non-hydrogen) atoms. The molecule has 0 rings (SSSR count). The molecule has 0 aliphatic heterocycles. The first-order valence-corrected chi connectivity index (χ1v) is 8.93. The van der Waals surface area contributed by atoms with E-state index in [9.17, 15) is 0 Å². The number of rotatable bonds is 8. The molecule has 0 aliphatic carbocycles. The summed E-state index contributed by atoms with van der Waals surface area (Å²) < 4.78 is 17.8. The molecular formula is C15H34O3Si. The van der Waals surface area contributed by atoms with Crippen molar-refractivity contribution in [1.82, 2.24) is 0 Å². The summed E-state index contributed by atoms with van der Waals surface area (Å²) in [5, 5.41) is -0.108. The van der Waals surface area contributed by atoms with E-state index in [4.69, 9.17) is 13.3 Å². The predicted molar refractivity (Wildman–Crippen MR) is 83.2 cm³/mol. The molecule has 0 aromatic carbocycles. The quantitative estimate of drug-likeness (QED) is 0.622. The van der Waals surface area contributed by atoms with Gasteiger partial charge in [-0.15, -0.1) is 0 Å². The fourth-order valence-corrected chi connectivity index (χ4v) is 4.81. The van der Waals surface area contributed by atoms with Gasteiger partial charge in [0.25, 0.3) is 0 Å². The van der Waals surface area contributed by atoms with Gasteiger partial charge in [-0.3, -0.25) is 0 Å². The Labute approximate surface area is 121 Å². The van der Waals surface area contributed by atoms with Crippen molar-refractivity contribution in [2.75, 3.05) is 20.8 Å². The van der Waals surface area contributed by atoms with Crippen LogP contribution in [-0.4, -0.2) is 29.6 Å². The lowest BCUT2D eigenvalue weighted by Crippen LogP contribution is -2.56. The van der Waals surface area contributed by atoms with Crippen molar-refractivity contribution in [1.29, 1.82) is 0 Å². The van der Waals surface area contributed by atoms with Gasteiger partial charge in [0.2, 0.25) is 0 Å². The minimum absolute atomic E-state index is 0.108. The Kier molecular flexibility index (Phi) is 6.73. The average molecular weight is 291 g/mol. The summed E-state index contributed by atoms with van der Waals surface area (Å²) in [4.78, 5) is 0. The molecule has 0 aliphatic rings. The van der Waals surface area contributed by atoms with Crippen LogP contribution in [0.2, 0.25) is 5.04 Å². The van der Waals surface area contributed by atoms with Gasteiger partial charge >= 0.3 is 8.80 Å². The van der Waals surface area contributed by atoms with E-state index in [1.165, 1.54) is 0 Å². The van der Waals surface area contributed by atoms with Gasteiger partial charge in [-0.25, -0.2) is 0 Å². The lowest BCUT2D eigenvalue weighted by atomic mass is 9.82. The SMILES string of the molecule is CO[Si](OC)(OCC(C)(C)C(C)C)C(C)(C)C(C)C. The average Bonchev–Trinajstić information content (AvgIpc) is 2.30. The maximum absolute atomic E-state index is 6.27. The lowest BCUT2D eigenvalue weighted by Gasteiger charge is -2.44.